The second-order valence-electron chi connectivity index (χ2n) is 4.99. The highest BCUT2D eigenvalue weighted by molar-refractivity contribution is 6.29. The van der Waals surface area contributed by atoms with E-state index in [9.17, 15) is 14.0 Å². The summed E-state index contributed by atoms with van der Waals surface area (Å²) in [4.78, 5) is 25.6. The average Bonchev–Trinajstić information content (AvgIpc) is 2.25. The summed E-state index contributed by atoms with van der Waals surface area (Å²) in [6.45, 7) is 4.16. The van der Waals surface area contributed by atoms with E-state index in [-0.39, 0.29) is 6.04 Å². The molecule has 1 aromatic rings. The molecule has 0 spiro atoms. The Morgan fingerprint density at radius 3 is 2.78 bits per heavy atom. The SMILES string of the molecule is CC1(C)CC(n2c(=O)[nH]c(Cl)c(F)c2=O)CCO1. The largest absolute Gasteiger partial charge is 0.375 e. The zero-order chi connectivity index (χ0) is 13.5. The van der Waals surface area contributed by atoms with Crippen LogP contribution in [0.25, 0.3) is 0 Å². The van der Waals surface area contributed by atoms with Gasteiger partial charge in [0, 0.05) is 12.6 Å². The summed E-state index contributed by atoms with van der Waals surface area (Å²) in [5.74, 6) is -1.12. The number of rotatable bonds is 1. The fourth-order valence-corrected chi connectivity index (χ4v) is 2.41. The van der Waals surface area contributed by atoms with Gasteiger partial charge in [-0.3, -0.25) is 14.3 Å². The van der Waals surface area contributed by atoms with E-state index in [0.29, 0.717) is 19.4 Å². The summed E-state index contributed by atoms with van der Waals surface area (Å²) < 4.78 is 19.8. The van der Waals surface area contributed by atoms with Crippen LogP contribution in [0.3, 0.4) is 0 Å². The number of nitrogens with zero attached hydrogens (tertiary/aromatic N) is 1. The molecule has 100 valence electrons. The quantitative estimate of drug-likeness (QED) is 0.790. The Bertz CT molecular complexity index is 579. The minimum absolute atomic E-state index is 0.378. The van der Waals surface area contributed by atoms with Crippen molar-refractivity contribution < 1.29 is 9.13 Å². The van der Waals surface area contributed by atoms with Crippen molar-refractivity contribution in [2.24, 2.45) is 0 Å². The number of halogens is 2. The Labute approximate surface area is 108 Å². The molecule has 0 aliphatic carbocycles. The first-order valence-electron chi connectivity index (χ1n) is 5.65. The van der Waals surface area contributed by atoms with Gasteiger partial charge in [0.2, 0.25) is 5.82 Å². The van der Waals surface area contributed by atoms with Gasteiger partial charge in [-0.05, 0) is 26.7 Å². The maximum absolute atomic E-state index is 13.5. The number of hydrogen-bond acceptors (Lipinski definition) is 3. The van der Waals surface area contributed by atoms with Gasteiger partial charge < -0.3 is 4.74 Å². The summed E-state index contributed by atoms with van der Waals surface area (Å²) in [6, 6.07) is -0.378. The predicted molar refractivity (Wildman–Crippen MR) is 64.6 cm³/mol. The topological polar surface area (TPSA) is 64.1 Å². The molecule has 5 nitrogen and oxygen atoms in total. The molecule has 1 saturated heterocycles. The van der Waals surface area contributed by atoms with Crippen LogP contribution in [0.2, 0.25) is 5.15 Å². The molecular formula is C11H14ClFN2O3. The maximum Gasteiger partial charge on any atom is 0.329 e. The summed E-state index contributed by atoms with van der Waals surface area (Å²) >= 11 is 5.42. The molecule has 7 heteroatoms. The third-order valence-electron chi connectivity index (χ3n) is 3.07. The molecule has 1 aliphatic heterocycles. The number of ether oxygens (including phenoxy) is 1. The number of aromatic nitrogens is 2. The number of nitrogens with one attached hydrogen (secondary N) is 1. The fraction of sp³-hybridized carbons (Fsp3) is 0.636. The Balaban J connectivity index is 2.49. The van der Waals surface area contributed by atoms with Crippen molar-refractivity contribution in [3.63, 3.8) is 0 Å². The third kappa shape index (κ3) is 2.35. The van der Waals surface area contributed by atoms with Gasteiger partial charge in [0.25, 0.3) is 5.56 Å². The minimum atomic E-state index is -1.12. The van der Waals surface area contributed by atoms with Crippen LogP contribution in [0, 0.1) is 5.82 Å². The summed E-state index contributed by atoms with van der Waals surface area (Å²) in [7, 11) is 0. The lowest BCUT2D eigenvalue weighted by molar-refractivity contribution is -0.0703. The molecule has 0 saturated carbocycles. The lowest BCUT2D eigenvalue weighted by atomic mass is 9.94. The van der Waals surface area contributed by atoms with Gasteiger partial charge in [-0.2, -0.15) is 4.39 Å². The molecule has 1 aromatic heterocycles. The van der Waals surface area contributed by atoms with Crippen LogP contribution in [0.5, 0.6) is 0 Å². The first-order chi connectivity index (χ1) is 8.32. The van der Waals surface area contributed by atoms with E-state index in [0.717, 1.165) is 4.57 Å². The van der Waals surface area contributed by atoms with Gasteiger partial charge in [0.1, 0.15) is 0 Å². The van der Waals surface area contributed by atoms with E-state index in [1.165, 1.54) is 0 Å². The van der Waals surface area contributed by atoms with Crippen molar-refractivity contribution in [3.05, 3.63) is 31.8 Å². The molecule has 2 heterocycles. The highest BCUT2D eigenvalue weighted by atomic mass is 35.5. The van der Waals surface area contributed by atoms with Gasteiger partial charge in [0.05, 0.1) is 5.60 Å². The maximum atomic E-state index is 13.5. The second-order valence-corrected chi connectivity index (χ2v) is 5.37. The molecule has 0 amide bonds. The summed E-state index contributed by atoms with van der Waals surface area (Å²) in [5, 5.41) is -0.549. The average molecular weight is 277 g/mol. The number of H-pyrrole nitrogens is 1. The van der Waals surface area contributed by atoms with Gasteiger partial charge >= 0.3 is 5.69 Å². The van der Waals surface area contributed by atoms with Crippen LogP contribution < -0.4 is 11.2 Å². The Hall–Kier alpha value is -1.14. The zero-order valence-corrected chi connectivity index (χ0v) is 10.9. The molecule has 1 unspecified atom stereocenters. The third-order valence-corrected chi connectivity index (χ3v) is 3.33. The lowest BCUT2D eigenvalue weighted by Crippen LogP contribution is -2.45. The molecule has 1 N–H and O–H groups in total. The molecule has 18 heavy (non-hydrogen) atoms. The first-order valence-corrected chi connectivity index (χ1v) is 6.03. The van der Waals surface area contributed by atoms with Crippen LogP contribution in [-0.4, -0.2) is 21.8 Å². The van der Waals surface area contributed by atoms with E-state index < -0.39 is 27.8 Å². The van der Waals surface area contributed by atoms with Crippen molar-refractivity contribution in [3.8, 4) is 0 Å². The second kappa shape index (κ2) is 4.51. The van der Waals surface area contributed by atoms with E-state index >= 15 is 0 Å². The van der Waals surface area contributed by atoms with Gasteiger partial charge in [-0.15, -0.1) is 0 Å². The Morgan fingerprint density at radius 2 is 2.17 bits per heavy atom. The highest BCUT2D eigenvalue weighted by Crippen LogP contribution is 2.30. The molecule has 0 aromatic carbocycles. The van der Waals surface area contributed by atoms with Gasteiger partial charge in [-0.25, -0.2) is 4.79 Å². The standard InChI is InChI=1S/C11H14ClFN2O3/c1-11(2)5-6(3-4-18-11)15-9(16)7(13)8(12)14-10(15)17/h6H,3-5H2,1-2H3,(H,14,17). The zero-order valence-electron chi connectivity index (χ0n) is 10.1. The molecule has 0 radical (unpaired) electrons. The molecular weight excluding hydrogens is 263 g/mol. The van der Waals surface area contributed by atoms with Gasteiger partial charge in [0.15, 0.2) is 5.15 Å². The van der Waals surface area contributed by atoms with Crippen LogP contribution in [0.4, 0.5) is 4.39 Å². The van der Waals surface area contributed by atoms with Crippen molar-refractivity contribution >= 4 is 11.6 Å². The Morgan fingerprint density at radius 1 is 1.50 bits per heavy atom. The predicted octanol–water partition coefficient (Wildman–Crippen LogP) is 1.46. The number of aromatic amines is 1. The van der Waals surface area contributed by atoms with Crippen LogP contribution in [-0.2, 0) is 4.74 Å². The molecule has 1 fully saturated rings. The molecule has 2 rings (SSSR count). The Kier molecular flexibility index (Phi) is 3.33. The molecule has 1 aliphatic rings. The lowest BCUT2D eigenvalue weighted by Gasteiger charge is -2.35. The monoisotopic (exact) mass is 276 g/mol. The molecule has 1 atom stereocenters. The van der Waals surface area contributed by atoms with Crippen molar-refractivity contribution in [1.82, 2.24) is 9.55 Å². The summed E-state index contributed by atoms with van der Waals surface area (Å²) in [6.07, 6.45) is 0.963. The fourth-order valence-electron chi connectivity index (χ4n) is 2.25. The van der Waals surface area contributed by atoms with Crippen molar-refractivity contribution in [2.45, 2.75) is 38.3 Å². The molecule has 0 bridgehead atoms. The summed E-state index contributed by atoms with van der Waals surface area (Å²) in [5.41, 5.74) is -2.11. The van der Waals surface area contributed by atoms with E-state index in [2.05, 4.69) is 4.98 Å². The van der Waals surface area contributed by atoms with E-state index in [4.69, 9.17) is 16.3 Å². The van der Waals surface area contributed by atoms with E-state index in [1.807, 2.05) is 13.8 Å². The first kappa shape index (κ1) is 13.3. The van der Waals surface area contributed by atoms with Crippen molar-refractivity contribution in [1.29, 1.82) is 0 Å². The van der Waals surface area contributed by atoms with Crippen molar-refractivity contribution in [2.75, 3.05) is 6.61 Å². The van der Waals surface area contributed by atoms with Crippen LogP contribution in [0.15, 0.2) is 9.59 Å². The minimum Gasteiger partial charge on any atom is -0.375 e. The van der Waals surface area contributed by atoms with Crippen LogP contribution >= 0.6 is 11.6 Å². The van der Waals surface area contributed by atoms with E-state index in [1.54, 1.807) is 0 Å². The normalized spacial score (nSPS) is 23.0. The number of hydrogen-bond donors (Lipinski definition) is 1. The highest BCUT2D eigenvalue weighted by Gasteiger charge is 2.32. The van der Waals surface area contributed by atoms with Crippen LogP contribution in [0.1, 0.15) is 32.7 Å². The smallest absolute Gasteiger partial charge is 0.329 e. The van der Waals surface area contributed by atoms with Gasteiger partial charge in [-0.1, -0.05) is 11.6 Å².